The summed E-state index contributed by atoms with van der Waals surface area (Å²) in [6.07, 6.45) is 0. The number of hydrogen-bond acceptors (Lipinski definition) is 3. The van der Waals surface area contributed by atoms with Gasteiger partial charge in [-0.2, -0.15) is 0 Å². The van der Waals surface area contributed by atoms with Crippen LogP contribution in [-0.2, 0) is 9.36 Å². The molecule has 0 aliphatic heterocycles. The first-order valence-electron chi connectivity index (χ1n) is 1.82. The van der Waals surface area contributed by atoms with E-state index in [-0.39, 0.29) is 0 Å². The van der Waals surface area contributed by atoms with E-state index in [0.29, 0.717) is 0 Å². The fourth-order valence-electron chi connectivity index (χ4n) is 0.119. The van der Waals surface area contributed by atoms with E-state index in [1.165, 1.54) is 0 Å². The zero-order valence-electron chi connectivity index (χ0n) is 4.27. The van der Waals surface area contributed by atoms with Crippen molar-refractivity contribution in [3.8, 4) is 0 Å². The lowest BCUT2D eigenvalue weighted by Gasteiger charge is -2.06. The van der Waals surface area contributed by atoms with E-state index >= 15 is 0 Å². The van der Waals surface area contributed by atoms with Gasteiger partial charge in [0.1, 0.15) is 0 Å². The molecule has 0 heterocycles. The van der Waals surface area contributed by atoms with Crippen LogP contribution in [0.5, 0.6) is 0 Å². The molecule has 0 spiro atoms. The first kappa shape index (κ1) is 8.36. The SMILES string of the molecule is C=C(C(=O)[O-])P(=O)(O)O. The van der Waals surface area contributed by atoms with E-state index in [0.717, 1.165) is 0 Å². The monoisotopic (exact) mass is 151 g/mol. The summed E-state index contributed by atoms with van der Waals surface area (Å²) in [5.41, 5.74) is 0. The minimum absolute atomic E-state index is 1.19. The molecule has 5 nitrogen and oxygen atoms in total. The first-order chi connectivity index (χ1) is 3.85. The summed E-state index contributed by atoms with van der Waals surface area (Å²) in [6, 6.07) is 0. The normalized spacial score (nSPS) is 10.9. The maximum atomic E-state index is 9.95. The van der Waals surface area contributed by atoms with Crippen LogP contribution in [0, 0.1) is 0 Å². The first-order valence-corrected chi connectivity index (χ1v) is 3.43. The molecule has 0 amide bonds. The third kappa shape index (κ3) is 2.41. The van der Waals surface area contributed by atoms with Crippen molar-refractivity contribution in [3.63, 3.8) is 0 Å². The highest BCUT2D eigenvalue weighted by atomic mass is 31.2. The highest BCUT2D eigenvalue weighted by Gasteiger charge is 2.18. The van der Waals surface area contributed by atoms with Crippen LogP contribution in [0.3, 0.4) is 0 Å². The van der Waals surface area contributed by atoms with Crippen LogP contribution in [0.15, 0.2) is 11.9 Å². The molecule has 0 radical (unpaired) electrons. The minimum Gasteiger partial charge on any atom is -0.544 e. The molecule has 0 rings (SSSR count). The molecule has 6 heteroatoms. The maximum absolute atomic E-state index is 9.95. The second kappa shape index (κ2) is 2.31. The van der Waals surface area contributed by atoms with Crippen molar-refractivity contribution in [2.45, 2.75) is 0 Å². The van der Waals surface area contributed by atoms with Gasteiger partial charge in [0.15, 0.2) is 0 Å². The van der Waals surface area contributed by atoms with Crippen molar-refractivity contribution in [2.24, 2.45) is 0 Å². The standard InChI is InChI=1S/C3H5O5P/c1-2(3(4)5)9(6,7)8/h1H2,(H,4,5)(H2,6,7,8)/p-1. The Hall–Kier alpha value is -0.640. The third-order valence-electron chi connectivity index (χ3n) is 0.587. The predicted molar refractivity (Wildman–Crippen MR) is 26.2 cm³/mol. The highest BCUT2D eigenvalue weighted by Crippen LogP contribution is 2.42. The van der Waals surface area contributed by atoms with Crippen molar-refractivity contribution < 1.29 is 24.3 Å². The molecule has 0 aromatic rings. The van der Waals surface area contributed by atoms with E-state index in [2.05, 4.69) is 6.58 Å². The largest absolute Gasteiger partial charge is 0.544 e. The second-order valence-corrected chi connectivity index (χ2v) is 2.91. The van der Waals surface area contributed by atoms with Gasteiger partial charge in [-0.05, 0) is 0 Å². The number of hydrogen-bond donors (Lipinski definition) is 2. The molecule has 0 unspecified atom stereocenters. The van der Waals surface area contributed by atoms with Crippen molar-refractivity contribution >= 4 is 13.6 Å². The molecule has 52 valence electrons. The summed E-state index contributed by atoms with van der Waals surface area (Å²) in [4.78, 5) is 25.7. The molecule has 9 heavy (non-hydrogen) atoms. The molecular formula is C3H4O5P-. The average Bonchev–Trinajstić information content (AvgIpc) is 1.62. The summed E-state index contributed by atoms with van der Waals surface area (Å²) in [5.74, 6) is -1.93. The molecular weight excluding hydrogens is 147 g/mol. The van der Waals surface area contributed by atoms with Crippen LogP contribution in [0.25, 0.3) is 0 Å². The topological polar surface area (TPSA) is 97.7 Å². The van der Waals surface area contributed by atoms with Gasteiger partial charge in [0.25, 0.3) is 0 Å². The number of carbonyl (C=O) groups is 1. The Labute approximate surface area is 50.8 Å². The van der Waals surface area contributed by atoms with Gasteiger partial charge < -0.3 is 19.7 Å². The van der Waals surface area contributed by atoms with Gasteiger partial charge in [0.2, 0.25) is 0 Å². The average molecular weight is 151 g/mol. The second-order valence-electron chi connectivity index (χ2n) is 1.28. The highest BCUT2D eigenvalue weighted by molar-refractivity contribution is 7.57. The Morgan fingerprint density at radius 1 is 1.56 bits per heavy atom. The third-order valence-corrected chi connectivity index (χ3v) is 1.47. The molecule has 0 aromatic heterocycles. The molecule has 0 bridgehead atoms. The summed E-state index contributed by atoms with van der Waals surface area (Å²) in [7, 11) is -4.67. The van der Waals surface area contributed by atoms with Crippen LogP contribution in [-0.4, -0.2) is 15.8 Å². The summed E-state index contributed by atoms with van der Waals surface area (Å²) in [6.45, 7) is 2.60. The molecule has 0 atom stereocenters. The minimum atomic E-state index is -4.67. The number of carboxylic acid groups (broad SMARTS) is 1. The van der Waals surface area contributed by atoms with Gasteiger partial charge in [-0.1, -0.05) is 6.58 Å². The van der Waals surface area contributed by atoms with Gasteiger partial charge in [-0.25, -0.2) is 0 Å². The van der Waals surface area contributed by atoms with Crippen molar-refractivity contribution in [2.75, 3.05) is 0 Å². The fraction of sp³-hybridized carbons (Fsp3) is 0. The molecule has 0 aromatic carbocycles. The molecule has 0 aliphatic rings. The van der Waals surface area contributed by atoms with Crippen LogP contribution in [0.2, 0.25) is 0 Å². The molecule has 0 aliphatic carbocycles. The molecule has 0 saturated heterocycles. The molecule has 0 fully saturated rings. The smallest absolute Gasteiger partial charge is 0.357 e. The summed E-state index contributed by atoms with van der Waals surface area (Å²) in [5, 5.41) is 8.45. The van der Waals surface area contributed by atoms with Crippen molar-refractivity contribution in [1.82, 2.24) is 0 Å². The van der Waals surface area contributed by atoms with Crippen molar-refractivity contribution in [3.05, 3.63) is 11.9 Å². The fourth-order valence-corrected chi connectivity index (χ4v) is 0.357. The Balaban J connectivity index is 4.43. The van der Waals surface area contributed by atoms with Gasteiger partial charge >= 0.3 is 7.60 Å². The number of carboxylic acids is 1. The number of rotatable bonds is 2. The summed E-state index contributed by atoms with van der Waals surface area (Å²) < 4.78 is 9.95. The van der Waals surface area contributed by atoms with Crippen molar-refractivity contribution in [1.29, 1.82) is 0 Å². The van der Waals surface area contributed by atoms with E-state index < -0.39 is 18.9 Å². The van der Waals surface area contributed by atoms with E-state index in [1.54, 1.807) is 0 Å². The van der Waals surface area contributed by atoms with Crippen LogP contribution < -0.4 is 5.11 Å². The lowest BCUT2D eigenvalue weighted by molar-refractivity contribution is -0.298. The molecule has 2 N–H and O–H groups in total. The quantitative estimate of drug-likeness (QED) is 0.367. The van der Waals surface area contributed by atoms with E-state index in [9.17, 15) is 14.5 Å². The summed E-state index contributed by atoms with van der Waals surface area (Å²) >= 11 is 0. The van der Waals surface area contributed by atoms with Crippen LogP contribution in [0.4, 0.5) is 0 Å². The van der Waals surface area contributed by atoms with Gasteiger partial charge in [-0.15, -0.1) is 0 Å². The Morgan fingerprint density at radius 3 is 1.89 bits per heavy atom. The van der Waals surface area contributed by atoms with E-state index in [4.69, 9.17) is 9.79 Å². The van der Waals surface area contributed by atoms with Crippen LogP contribution >= 0.6 is 7.60 Å². The van der Waals surface area contributed by atoms with Crippen LogP contribution in [0.1, 0.15) is 0 Å². The Bertz CT molecular complexity index is 188. The Morgan fingerprint density at radius 2 is 1.89 bits per heavy atom. The predicted octanol–water partition coefficient (Wildman–Crippen LogP) is -1.57. The Kier molecular flexibility index (Phi) is 2.14. The maximum Gasteiger partial charge on any atom is 0.357 e. The van der Waals surface area contributed by atoms with E-state index in [1.807, 2.05) is 0 Å². The van der Waals surface area contributed by atoms with Gasteiger partial charge in [0, 0.05) is 0 Å². The number of carbonyl (C=O) groups excluding carboxylic acids is 1. The zero-order valence-corrected chi connectivity index (χ0v) is 5.17. The number of aliphatic carboxylic acids is 1. The molecule has 0 saturated carbocycles. The zero-order chi connectivity index (χ0) is 7.65. The van der Waals surface area contributed by atoms with Gasteiger partial charge in [-0.3, -0.25) is 4.57 Å². The van der Waals surface area contributed by atoms with Gasteiger partial charge in [0.05, 0.1) is 11.3 Å². The lowest BCUT2D eigenvalue weighted by Crippen LogP contribution is -2.23. The lowest BCUT2D eigenvalue weighted by atomic mass is 10.7.